The van der Waals surface area contributed by atoms with E-state index in [1.54, 1.807) is 12.2 Å². The van der Waals surface area contributed by atoms with Crippen molar-refractivity contribution in [2.75, 3.05) is 13.2 Å². The first-order valence-electron chi connectivity index (χ1n) is 8.27. The van der Waals surface area contributed by atoms with Crippen LogP contribution < -0.4 is 16.4 Å². The lowest BCUT2D eigenvalue weighted by atomic mass is 10.1. The Morgan fingerprint density at radius 1 is 1.46 bits per heavy atom. The summed E-state index contributed by atoms with van der Waals surface area (Å²) in [4.78, 5) is 15.3. The van der Waals surface area contributed by atoms with E-state index in [1.807, 2.05) is 37.3 Å². The van der Waals surface area contributed by atoms with E-state index in [0.717, 1.165) is 11.4 Å². The van der Waals surface area contributed by atoms with Gasteiger partial charge in [-0.2, -0.15) is 0 Å². The van der Waals surface area contributed by atoms with E-state index < -0.39 is 0 Å². The van der Waals surface area contributed by atoms with Gasteiger partial charge in [-0.05, 0) is 37.4 Å². The standard InChI is InChI=1S/C19H26N4O2S/c1-4-5-6-9-16(20)13-18(17-10-7-8-14(2)22-17)23-19(26)21-11-12-25-15(3)24/h4-10,18H,1,11-13,20H2,2-3H3,(H2,21,23,26)/b6-5-,16-9-. The maximum Gasteiger partial charge on any atom is 0.302 e. The van der Waals surface area contributed by atoms with Crippen molar-refractivity contribution in [1.29, 1.82) is 0 Å². The number of aryl methyl sites for hydroxylation is 1. The first kappa shape index (κ1) is 21.4. The van der Waals surface area contributed by atoms with Gasteiger partial charge in [0.1, 0.15) is 6.61 Å². The molecule has 0 spiro atoms. The van der Waals surface area contributed by atoms with Crippen molar-refractivity contribution >= 4 is 23.3 Å². The number of carbonyl (C=O) groups is 1. The molecule has 1 aromatic rings. The summed E-state index contributed by atoms with van der Waals surface area (Å²) in [5, 5.41) is 6.67. The minimum atomic E-state index is -0.321. The smallest absolute Gasteiger partial charge is 0.302 e. The molecule has 4 N–H and O–H groups in total. The van der Waals surface area contributed by atoms with Crippen LogP contribution in [0.25, 0.3) is 0 Å². The largest absolute Gasteiger partial charge is 0.464 e. The molecular formula is C19H26N4O2S. The second-order valence-electron chi connectivity index (χ2n) is 5.56. The number of hydrogen-bond acceptors (Lipinski definition) is 5. The van der Waals surface area contributed by atoms with Crippen molar-refractivity contribution in [3.63, 3.8) is 0 Å². The number of nitrogens with one attached hydrogen (secondary N) is 2. The van der Waals surface area contributed by atoms with Crippen LogP contribution in [0.1, 0.15) is 30.8 Å². The molecule has 0 aliphatic rings. The SMILES string of the molecule is C=C/C=C\C=C(/N)CC(NC(=S)NCCOC(C)=O)c1cccc(C)n1. The number of rotatable bonds is 9. The Balaban J connectivity index is 2.76. The molecule has 0 saturated heterocycles. The number of hydrogen-bond donors (Lipinski definition) is 3. The number of aromatic nitrogens is 1. The first-order valence-corrected chi connectivity index (χ1v) is 8.68. The second kappa shape index (κ2) is 11.8. The van der Waals surface area contributed by atoms with Gasteiger partial charge >= 0.3 is 5.97 Å². The minimum absolute atomic E-state index is 0.183. The van der Waals surface area contributed by atoms with Crippen LogP contribution in [0.3, 0.4) is 0 Å². The predicted octanol–water partition coefficient (Wildman–Crippen LogP) is 2.43. The van der Waals surface area contributed by atoms with Crippen LogP contribution >= 0.6 is 12.2 Å². The highest BCUT2D eigenvalue weighted by molar-refractivity contribution is 7.80. The van der Waals surface area contributed by atoms with Gasteiger partial charge in [0.15, 0.2) is 5.11 Å². The Morgan fingerprint density at radius 3 is 2.88 bits per heavy atom. The van der Waals surface area contributed by atoms with Crippen LogP contribution in [0, 0.1) is 6.92 Å². The molecule has 0 bridgehead atoms. The average Bonchev–Trinajstić information content (AvgIpc) is 2.58. The predicted molar refractivity (Wildman–Crippen MR) is 108 cm³/mol. The molecule has 1 rings (SSSR count). The van der Waals surface area contributed by atoms with E-state index in [4.69, 9.17) is 22.7 Å². The molecule has 1 unspecified atom stereocenters. The van der Waals surface area contributed by atoms with Gasteiger partial charge in [-0.25, -0.2) is 0 Å². The summed E-state index contributed by atoms with van der Waals surface area (Å²) < 4.78 is 4.87. The molecule has 0 fully saturated rings. The van der Waals surface area contributed by atoms with Gasteiger partial charge in [0.2, 0.25) is 0 Å². The molecule has 26 heavy (non-hydrogen) atoms. The van der Waals surface area contributed by atoms with Crippen LogP contribution in [0.4, 0.5) is 0 Å². The third-order valence-electron chi connectivity index (χ3n) is 3.26. The van der Waals surface area contributed by atoms with Gasteiger partial charge in [-0.3, -0.25) is 9.78 Å². The summed E-state index contributed by atoms with van der Waals surface area (Å²) in [6.45, 7) is 7.60. The molecular weight excluding hydrogens is 348 g/mol. The summed E-state index contributed by atoms with van der Waals surface area (Å²) in [7, 11) is 0. The maximum absolute atomic E-state index is 10.8. The van der Waals surface area contributed by atoms with Crippen LogP contribution in [0.2, 0.25) is 0 Å². The molecule has 6 nitrogen and oxygen atoms in total. The molecule has 0 radical (unpaired) electrons. The Hall–Kier alpha value is -2.67. The van der Waals surface area contributed by atoms with Gasteiger partial charge in [0, 0.05) is 24.7 Å². The summed E-state index contributed by atoms with van der Waals surface area (Å²) >= 11 is 5.32. The summed E-state index contributed by atoms with van der Waals surface area (Å²) in [5.41, 5.74) is 8.55. The molecule has 140 valence electrons. The maximum atomic E-state index is 10.8. The fourth-order valence-electron chi connectivity index (χ4n) is 2.12. The molecule has 0 aliphatic heterocycles. The number of nitrogens with two attached hydrogens (primary N) is 1. The molecule has 0 saturated carbocycles. The normalized spacial score (nSPS) is 12.5. The van der Waals surface area contributed by atoms with Gasteiger partial charge in [0.05, 0.1) is 18.3 Å². The fraction of sp³-hybridized carbons (Fsp3) is 0.316. The Labute approximate surface area is 160 Å². The molecule has 0 aromatic carbocycles. The lowest BCUT2D eigenvalue weighted by molar-refractivity contribution is -0.140. The van der Waals surface area contributed by atoms with E-state index in [0.29, 0.717) is 23.8 Å². The Kier molecular flexibility index (Phi) is 9.71. The number of allylic oxidation sites excluding steroid dienone is 4. The third-order valence-corrected chi connectivity index (χ3v) is 3.52. The topological polar surface area (TPSA) is 89.3 Å². The minimum Gasteiger partial charge on any atom is -0.464 e. The number of thiocarbonyl (C=S) groups is 1. The van der Waals surface area contributed by atoms with E-state index in [-0.39, 0.29) is 18.6 Å². The van der Waals surface area contributed by atoms with E-state index >= 15 is 0 Å². The van der Waals surface area contributed by atoms with Gasteiger partial charge in [-0.1, -0.05) is 30.9 Å². The fourth-order valence-corrected chi connectivity index (χ4v) is 2.36. The van der Waals surface area contributed by atoms with E-state index in [2.05, 4.69) is 22.2 Å². The monoisotopic (exact) mass is 374 g/mol. The van der Waals surface area contributed by atoms with Crippen molar-refractivity contribution in [3.05, 3.63) is 66.2 Å². The third kappa shape index (κ3) is 8.98. The highest BCUT2D eigenvalue weighted by Gasteiger charge is 2.15. The van der Waals surface area contributed by atoms with E-state index in [9.17, 15) is 4.79 Å². The number of nitrogens with zero attached hydrogens (tertiary/aromatic N) is 1. The molecule has 1 aromatic heterocycles. The number of carbonyl (C=O) groups excluding carboxylic acids is 1. The Bertz CT molecular complexity index is 686. The lowest BCUT2D eigenvalue weighted by Gasteiger charge is -2.21. The van der Waals surface area contributed by atoms with E-state index in [1.165, 1.54) is 6.92 Å². The summed E-state index contributed by atoms with van der Waals surface area (Å²) in [6.07, 6.45) is 7.68. The summed E-state index contributed by atoms with van der Waals surface area (Å²) in [5.74, 6) is -0.321. The average molecular weight is 375 g/mol. The molecule has 7 heteroatoms. The molecule has 1 atom stereocenters. The van der Waals surface area contributed by atoms with Crippen LogP contribution in [-0.2, 0) is 9.53 Å². The summed E-state index contributed by atoms with van der Waals surface area (Å²) in [6, 6.07) is 5.62. The van der Waals surface area contributed by atoms with Gasteiger partial charge in [-0.15, -0.1) is 0 Å². The quantitative estimate of drug-likeness (QED) is 0.265. The van der Waals surface area contributed by atoms with Crippen molar-refractivity contribution in [2.24, 2.45) is 5.73 Å². The number of ether oxygens (including phenoxy) is 1. The number of esters is 1. The second-order valence-corrected chi connectivity index (χ2v) is 5.97. The molecule has 0 amide bonds. The zero-order valence-electron chi connectivity index (χ0n) is 15.2. The molecule has 0 aliphatic carbocycles. The van der Waals surface area contributed by atoms with Crippen molar-refractivity contribution < 1.29 is 9.53 Å². The molecule has 1 heterocycles. The van der Waals surface area contributed by atoms with Gasteiger partial charge in [0.25, 0.3) is 0 Å². The number of pyridine rings is 1. The van der Waals surface area contributed by atoms with Crippen LogP contribution in [-0.4, -0.2) is 29.2 Å². The van der Waals surface area contributed by atoms with Crippen molar-refractivity contribution in [3.8, 4) is 0 Å². The van der Waals surface area contributed by atoms with Crippen LogP contribution in [0.5, 0.6) is 0 Å². The van der Waals surface area contributed by atoms with Crippen LogP contribution in [0.15, 0.2) is 54.8 Å². The highest BCUT2D eigenvalue weighted by Crippen LogP contribution is 2.18. The zero-order valence-corrected chi connectivity index (χ0v) is 16.0. The highest BCUT2D eigenvalue weighted by atomic mass is 32.1. The zero-order chi connectivity index (χ0) is 19.4. The Morgan fingerprint density at radius 2 is 2.23 bits per heavy atom. The lowest BCUT2D eigenvalue weighted by Crippen LogP contribution is -2.40. The van der Waals surface area contributed by atoms with Crippen molar-refractivity contribution in [2.45, 2.75) is 26.3 Å². The van der Waals surface area contributed by atoms with Gasteiger partial charge < -0.3 is 21.1 Å². The van der Waals surface area contributed by atoms with Crippen molar-refractivity contribution in [1.82, 2.24) is 15.6 Å². The first-order chi connectivity index (χ1) is 12.4.